The average Bonchev–Trinajstić information content (AvgIpc) is 2.94. The molecule has 2 heterocycles. The van der Waals surface area contributed by atoms with E-state index in [1.807, 2.05) is 11.5 Å². The number of hydrogen-bond donors (Lipinski definition) is 1. The molecule has 2 aromatic rings. The van der Waals surface area contributed by atoms with Crippen LogP contribution in [0.2, 0.25) is 0 Å². The van der Waals surface area contributed by atoms with E-state index in [2.05, 4.69) is 15.5 Å². The molecule has 3 rings (SSSR count). The number of fused-ring (bicyclic) bond motifs is 1. The van der Waals surface area contributed by atoms with Gasteiger partial charge in [-0.05, 0) is 37.1 Å². The highest BCUT2D eigenvalue weighted by atomic mass is 19.1. The third-order valence-corrected chi connectivity index (χ3v) is 4.08. The molecule has 24 heavy (non-hydrogen) atoms. The molecule has 0 radical (unpaired) electrons. The van der Waals surface area contributed by atoms with Crippen LogP contribution in [0.15, 0.2) is 24.3 Å². The van der Waals surface area contributed by atoms with E-state index >= 15 is 0 Å². The van der Waals surface area contributed by atoms with Crippen molar-refractivity contribution in [3.63, 3.8) is 0 Å². The van der Waals surface area contributed by atoms with Gasteiger partial charge >= 0.3 is 0 Å². The SMILES string of the molecule is COc1ccc(/C=C/C(=O)N[C@H]2CCc3nnc(C)n3C2)cc1F. The first-order chi connectivity index (χ1) is 11.6. The number of nitrogens with one attached hydrogen (secondary N) is 1. The number of ether oxygens (including phenoxy) is 1. The van der Waals surface area contributed by atoms with E-state index in [1.54, 1.807) is 12.1 Å². The Morgan fingerprint density at radius 3 is 3.04 bits per heavy atom. The normalized spacial score (nSPS) is 16.9. The summed E-state index contributed by atoms with van der Waals surface area (Å²) >= 11 is 0. The molecule has 0 fully saturated rings. The van der Waals surface area contributed by atoms with Crippen LogP contribution in [-0.2, 0) is 17.8 Å². The van der Waals surface area contributed by atoms with Gasteiger partial charge in [-0.15, -0.1) is 10.2 Å². The first kappa shape index (κ1) is 16.2. The number of halogens is 1. The minimum Gasteiger partial charge on any atom is -0.494 e. The number of amides is 1. The number of rotatable bonds is 4. The standard InChI is InChI=1S/C17H19FN4O2/c1-11-20-21-16-7-5-13(10-22(11)16)19-17(23)8-4-12-3-6-15(24-2)14(18)9-12/h3-4,6,8-9,13H,5,7,10H2,1-2H3,(H,19,23)/b8-4+/t13-/m0/s1. The third kappa shape index (κ3) is 3.45. The summed E-state index contributed by atoms with van der Waals surface area (Å²) in [7, 11) is 1.41. The van der Waals surface area contributed by atoms with Crippen molar-refractivity contribution in [3.05, 3.63) is 47.3 Å². The number of aryl methyl sites for hydroxylation is 2. The van der Waals surface area contributed by atoms with Crippen LogP contribution in [-0.4, -0.2) is 33.8 Å². The Morgan fingerprint density at radius 1 is 1.46 bits per heavy atom. The summed E-state index contributed by atoms with van der Waals surface area (Å²) in [5.74, 6) is 1.34. The third-order valence-electron chi connectivity index (χ3n) is 4.08. The van der Waals surface area contributed by atoms with Crippen molar-refractivity contribution < 1.29 is 13.9 Å². The summed E-state index contributed by atoms with van der Waals surface area (Å²) in [4.78, 5) is 12.1. The van der Waals surface area contributed by atoms with Gasteiger partial charge in [0.05, 0.1) is 7.11 Å². The fourth-order valence-corrected chi connectivity index (χ4v) is 2.79. The van der Waals surface area contributed by atoms with Crippen molar-refractivity contribution >= 4 is 12.0 Å². The molecule has 0 saturated heterocycles. The summed E-state index contributed by atoms with van der Waals surface area (Å²) < 4.78 is 20.5. The Bertz CT molecular complexity index is 785. The number of nitrogens with zero attached hydrogens (tertiary/aromatic N) is 3. The van der Waals surface area contributed by atoms with Gasteiger partial charge in [0.25, 0.3) is 0 Å². The lowest BCUT2D eigenvalue weighted by Gasteiger charge is -2.24. The van der Waals surface area contributed by atoms with Gasteiger partial charge in [-0.25, -0.2) is 4.39 Å². The van der Waals surface area contributed by atoms with E-state index in [1.165, 1.54) is 25.3 Å². The van der Waals surface area contributed by atoms with Crippen LogP contribution in [0.1, 0.15) is 23.6 Å². The van der Waals surface area contributed by atoms with E-state index in [9.17, 15) is 9.18 Å². The number of hydrogen-bond acceptors (Lipinski definition) is 4. The molecule has 1 aliphatic heterocycles. The largest absolute Gasteiger partial charge is 0.494 e. The zero-order valence-electron chi connectivity index (χ0n) is 13.6. The second-order valence-electron chi connectivity index (χ2n) is 5.75. The summed E-state index contributed by atoms with van der Waals surface area (Å²) in [6, 6.07) is 4.59. The van der Waals surface area contributed by atoms with Gasteiger partial charge < -0.3 is 14.6 Å². The minimum atomic E-state index is -0.456. The lowest BCUT2D eigenvalue weighted by molar-refractivity contribution is -0.117. The molecule has 1 N–H and O–H groups in total. The van der Waals surface area contributed by atoms with Gasteiger partial charge in [0.2, 0.25) is 5.91 Å². The van der Waals surface area contributed by atoms with Crippen LogP contribution in [0.5, 0.6) is 5.75 Å². The summed E-state index contributed by atoms with van der Waals surface area (Å²) in [6.45, 7) is 2.57. The topological polar surface area (TPSA) is 69.0 Å². The molecule has 7 heteroatoms. The second kappa shape index (κ2) is 6.82. The number of methoxy groups -OCH3 is 1. The summed E-state index contributed by atoms with van der Waals surface area (Å²) in [5, 5.41) is 11.1. The van der Waals surface area contributed by atoms with Gasteiger partial charge in [-0.2, -0.15) is 0 Å². The Balaban J connectivity index is 1.60. The maximum atomic E-state index is 13.6. The number of aromatic nitrogens is 3. The highest BCUT2D eigenvalue weighted by Crippen LogP contribution is 2.18. The minimum absolute atomic E-state index is 0.0388. The van der Waals surface area contributed by atoms with Crippen molar-refractivity contribution in [1.82, 2.24) is 20.1 Å². The highest BCUT2D eigenvalue weighted by Gasteiger charge is 2.22. The van der Waals surface area contributed by atoms with E-state index < -0.39 is 5.82 Å². The lowest BCUT2D eigenvalue weighted by atomic mass is 10.1. The maximum Gasteiger partial charge on any atom is 0.244 e. The lowest BCUT2D eigenvalue weighted by Crippen LogP contribution is -2.40. The van der Waals surface area contributed by atoms with Crippen molar-refractivity contribution in [2.45, 2.75) is 32.4 Å². The van der Waals surface area contributed by atoms with Crippen LogP contribution in [0.3, 0.4) is 0 Å². The first-order valence-electron chi connectivity index (χ1n) is 7.77. The Hall–Kier alpha value is -2.70. The predicted molar refractivity (Wildman–Crippen MR) is 87.0 cm³/mol. The molecule has 1 atom stereocenters. The zero-order chi connectivity index (χ0) is 17.1. The molecule has 126 valence electrons. The Morgan fingerprint density at radius 2 is 2.29 bits per heavy atom. The number of carbonyl (C=O) groups excluding carboxylic acids is 1. The van der Waals surface area contributed by atoms with Crippen molar-refractivity contribution in [1.29, 1.82) is 0 Å². The molecular formula is C17H19FN4O2. The van der Waals surface area contributed by atoms with Crippen LogP contribution in [0, 0.1) is 12.7 Å². The maximum absolute atomic E-state index is 13.6. The van der Waals surface area contributed by atoms with E-state index in [0.29, 0.717) is 12.1 Å². The Labute approximate surface area is 139 Å². The molecule has 6 nitrogen and oxygen atoms in total. The van der Waals surface area contributed by atoms with Gasteiger partial charge in [-0.1, -0.05) is 6.07 Å². The van der Waals surface area contributed by atoms with Crippen LogP contribution >= 0.6 is 0 Å². The predicted octanol–water partition coefficient (Wildman–Crippen LogP) is 1.88. The van der Waals surface area contributed by atoms with Crippen molar-refractivity contribution in [2.75, 3.05) is 7.11 Å². The molecule has 1 aromatic heterocycles. The van der Waals surface area contributed by atoms with Crippen LogP contribution in [0.25, 0.3) is 6.08 Å². The molecule has 0 aliphatic carbocycles. The molecule has 1 aliphatic rings. The van der Waals surface area contributed by atoms with Crippen molar-refractivity contribution in [3.8, 4) is 5.75 Å². The quantitative estimate of drug-likeness (QED) is 0.869. The van der Waals surface area contributed by atoms with Crippen LogP contribution < -0.4 is 10.1 Å². The van der Waals surface area contributed by atoms with Crippen LogP contribution in [0.4, 0.5) is 4.39 Å². The number of benzene rings is 1. The molecule has 0 bridgehead atoms. The van der Waals surface area contributed by atoms with E-state index in [-0.39, 0.29) is 17.7 Å². The highest BCUT2D eigenvalue weighted by molar-refractivity contribution is 5.91. The molecule has 1 amide bonds. The Kier molecular flexibility index (Phi) is 4.59. The van der Waals surface area contributed by atoms with Gasteiger partial charge in [0, 0.05) is 25.1 Å². The fourth-order valence-electron chi connectivity index (χ4n) is 2.79. The zero-order valence-corrected chi connectivity index (χ0v) is 13.6. The smallest absolute Gasteiger partial charge is 0.244 e. The second-order valence-corrected chi connectivity index (χ2v) is 5.75. The number of carbonyl (C=O) groups is 1. The van der Waals surface area contributed by atoms with Crippen molar-refractivity contribution in [2.24, 2.45) is 0 Å². The molecular weight excluding hydrogens is 311 g/mol. The fraction of sp³-hybridized carbons (Fsp3) is 0.353. The van der Waals surface area contributed by atoms with Gasteiger partial charge in [0.15, 0.2) is 11.6 Å². The molecule has 0 unspecified atom stereocenters. The van der Waals surface area contributed by atoms with Gasteiger partial charge in [0.1, 0.15) is 11.6 Å². The molecule has 0 saturated carbocycles. The van der Waals surface area contributed by atoms with Gasteiger partial charge in [-0.3, -0.25) is 4.79 Å². The average molecular weight is 330 g/mol. The van der Waals surface area contributed by atoms with E-state index in [4.69, 9.17) is 4.74 Å². The first-order valence-corrected chi connectivity index (χ1v) is 7.77. The summed E-state index contributed by atoms with van der Waals surface area (Å²) in [5.41, 5.74) is 0.601. The van der Waals surface area contributed by atoms with E-state index in [0.717, 1.165) is 24.5 Å². The summed E-state index contributed by atoms with van der Waals surface area (Å²) in [6.07, 6.45) is 4.61. The molecule has 0 spiro atoms. The monoisotopic (exact) mass is 330 g/mol. The molecule has 1 aromatic carbocycles.